The third kappa shape index (κ3) is 4.01. The third-order valence-corrected chi connectivity index (χ3v) is 6.63. The van der Waals surface area contributed by atoms with Crippen molar-refractivity contribution in [2.75, 3.05) is 13.2 Å². The van der Waals surface area contributed by atoms with Crippen LogP contribution in [0.4, 0.5) is 4.39 Å². The number of fused-ring (bicyclic) bond motifs is 1. The molecular weight excluding hydrogens is 403 g/mol. The third-order valence-electron chi connectivity index (χ3n) is 6.63. The second kappa shape index (κ2) is 8.41. The minimum atomic E-state index is -0.154. The van der Waals surface area contributed by atoms with Crippen molar-refractivity contribution in [3.63, 3.8) is 0 Å². The van der Waals surface area contributed by atoms with Crippen molar-refractivity contribution in [1.29, 1.82) is 0 Å². The van der Waals surface area contributed by atoms with E-state index in [1.165, 1.54) is 0 Å². The minimum absolute atomic E-state index is 0.154. The minimum Gasteiger partial charge on any atom is -0.392 e. The summed E-state index contributed by atoms with van der Waals surface area (Å²) in [5, 5.41) is 4.46. The van der Waals surface area contributed by atoms with E-state index in [0.717, 1.165) is 65.3 Å². The summed E-state index contributed by atoms with van der Waals surface area (Å²) >= 11 is 0. The number of nitrogens with zero attached hydrogens (tertiary/aromatic N) is 4. The predicted molar refractivity (Wildman–Crippen MR) is 124 cm³/mol. The molecule has 6 heteroatoms. The van der Waals surface area contributed by atoms with E-state index >= 15 is 0 Å². The highest BCUT2D eigenvalue weighted by molar-refractivity contribution is 5.99. The lowest BCUT2D eigenvalue weighted by molar-refractivity contribution is 0.0178. The van der Waals surface area contributed by atoms with Crippen molar-refractivity contribution >= 4 is 5.84 Å². The van der Waals surface area contributed by atoms with Crippen LogP contribution in [0.1, 0.15) is 40.8 Å². The number of amidine groups is 1. The molecule has 0 bridgehead atoms. The first kappa shape index (κ1) is 20.7. The molecule has 3 heterocycles. The number of aryl methyl sites for hydroxylation is 3. The maximum absolute atomic E-state index is 13.9. The van der Waals surface area contributed by atoms with Gasteiger partial charge in [0.15, 0.2) is 5.84 Å². The van der Waals surface area contributed by atoms with Crippen LogP contribution >= 0.6 is 0 Å². The Labute approximate surface area is 188 Å². The Balaban J connectivity index is 1.39. The fourth-order valence-electron chi connectivity index (χ4n) is 5.18. The van der Waals surface area contributed by atoms with Crippen LogP contribution < -0.4 is 0 Å². The topological polar surface area (TPSA) is 42.7 Å². The molecule has 2 aliphatic rings. The van der Waals surface area contributed by atoms with E-state index in [4.69, 9.17) is 4.84 Å². The van der Waals surface area contributed by atoms with E-state index in [2.05, 4.69) is 46.2 Å². The van der Waals surface area contributed by atoms with Gasteiger partial charge in [-0.15, -0.1) is 0 Å². The molecule has 1 fully saturated rings. The van der Waals surface area contributed by atoms with E-state index in [1.807, 2.05) is 30.9 Å². The number of rotatable bonds is 4. The fourth-order valence-corrected chi connectivity index (χ4v) is 5.18. The molecule has 0 spiro atoms. The van der Waals surface area contributed by atoms with E-state index in [-0.39, 0.29) is 11.9 Å². The molecule has 0 saturated carbocycles. The second-order valence-electron chi connectivity index (χ2n) is 9.14. The van der Waals surface area contributed by atoms with Crippen LogP contribution in [0.25, 0.3) is 5.69 Å². The van der Waals surface area contributed by atoms with E-state index in [1.54, 1.807) is 12.1 Å². The first-order chi connectivity index (χ1) is 15.5. The van der Waals surface area contributed by atoms with Crippen molar-refractivity contribution in [2.24, 2.45) is 11.1 Å². The monoisotopic (exact) mass is 432 g/mol. The molecule has 5 nitrogen and oxygen atoms in total. The van der Waals surface area contributed by atoms with Crippen molar-refractivity contribution in [3.8, 4) is 5.69 Å². The van der Waals surface area contributed by atoms with Gasteiger partial charge in [0, 0.05) is 24.0 Å². The standard InChI is InChI=1S/C26H29FN4O/c1-17-9-20(13-23(27)10-17)12-21-5-4-8-31-25(21)15-32-29-26(31)22-6-7-24(18(2)11-22)30-14-19(3)28-16-30/h6-7,9-11,13-14,16,21,25H,4-5,8,12,15H2,1-3H3. The molecule has 1 saturated heterocycles. The summed E-state index contributed by atoms with van der Waals surface area (Å²) < 4.78 is 16.0. The number of oxime groups is 1. The SMILES string of the molecule is Cc1cc(F)cc(CC2CCCN3C(c4ccc(-n5cnc(C)c5)c(C)c4)=NOCC23)c1. The van der Waals surface area contributed by atoms with Gasteiger partial charge in [0.05, 0.1) is 18.1 Å². The summed E-state index contributed by atoms with van der Waals surface area (Å²) in [7, 11) is 0. The van der Waals surface area contributed by atoms with Crippen LogP contribution in [0.5, 0.6) is 0 Å². The molecule has 32 heavy (non-hydrogen) atoms. The zero-order valence-corrected chi connectivity index (χ0v) is 18.9. The maximum atomic E-state index is 13.9. The molecule has 1 aromatic heterocycles. The van der Waals surface area contributed by atoms with Gasteiger partial charge in [-0.05, 0) is 93.0 Å². The van der Waals surface area contributed by atoms with Crippen LogP contribution in [0.3, 0.4) is 0 Å². The summed E-state index contributed by atoms with van der Waals surface area (Å²) in [6, 6.07) is 12.0. The highest BCUT2D eigenvalue weighted by atomic mass is 19.1. The van der Waals surface area contributed by atoms with Gasteiger partial charge in [0.1, 0.15) is 12.4 Å². The highest BCUT2D eigenvalue weighted by Gasteiger charge is 2.37. The van der Waals surface area contributed by atoms with Crippen molar-refractivity contribution in [2.45, 2.75) is 46.1 Å². The largest absolute Gasteiger partial charge is 0.392 e. The molecule has 2 aromatic carbocycles. The number of hydrogen-bond acceptors (Lipinski definition) is 4. The number of piperidine rings is 1. The molecule has 0 radical (unpaired) electrons. The van der Waals surface area contributed by atoms with E-state index < -0.39 is 0 Å². The Bertz CT molecular complexity index is 1150. The van der Waals surface area contributed by atoms with Crippen LogP contribution in [-0.2, 0) is 11.3 Å². The number of hydrogen-bond donors (Lipinski definition) is 0. The van der Waals surface area contributed by atoms with Crippen LogP contribution in [0.2, 0.25) is 0 Å². The van der Waals surface area contributed by atoms with Gasteiger partial charge in [-0.25, -0.2) is 9.37 Å². The van der Waals surface area contributed by atoms with Gasteiger partial charge >= 0.3 is 0 Å². The predicted octanol–water partition coefficient (Wildman–Crippen LogP) is 4.95. The molecule has 2 aliphatic heterocycles. The maximum Gasteiger partial charge on any atom is 0.175 e. The van der Waals surface area contributed by atoms with Gasteiger partial charge in [-0.2, -0.15) is 0 Å². The highest BCUT2D eigenvalue weighted by Crippen LogP contribution is 2.32. The zero-order valence-electron chi connectivity index (χ0n) is 18.9. The second-order valence-corrected chi connectivity index (χ2v) is 9.14. The van der Waals surface area contributed by atoms with Crippen LogP contribution in [-0.4, -0.2) is 39.5 Å². The van der Waals surface area contributed by atoms with Gasteiger partial charge in [-0.3, -0.25) is 0 Å². The number of benzene rings is 2. The first-order valence-electron chi connectivity index (χ1n) is 11.3. The average Bonchev–Trinajstić information content (AvgIpc) is 3.19. The molecular formula is C26H29FN4O. The quantitative estimate of drug-likeness (QED) is 0.586. The van der Waals surface area contributed by atoms with E-state index in [0.29, 0.717) is 12.5 Å². The zero-order chi connectivity index (χ0) is 22.2. The van der Waals surface area contributed by atoms with Crippen LogP contribution in [0, 0.1) is 32.5 Å². The molecule has 166 valence electrons. The molecule has 0 amide bonds. The first-order valence-corrected chi connectivity index (χ1v) is 11.3. The Kier molecular flexibility index (Phi) is 5.45. The molecule has 3 aromatic rings. The lowest BCUT2D eigenvalue weighted by Gasteiger charge is -2.44. The Hall–Kier alpha value is -3.15. The molecule has 0 N–H and O–H groups in total. The molecule has 0 aliphatic carbocycles. The van der Waals surface area contributed by atoms with E-state index in [9.17, 15) is 4.39 Å². The van der Waals surface area contributed by atoms with Crippen LogP contribution in [0.15, 0.2) is 54.1 Å². The fraction of sp³-hybridized carbons (Fsp3) is 0.385. The number of imidazole rings is 1. The normalized spacial score (nSPS) is 20.5. The average molecular weight is 433 g/mol. The Morgan fingerprint density at radius 1 is 1.12 bits per heavy atom. The van der Waals surface area contributed by atoms with Crippen molar-refractivity contribution < 1.29 is 9.23 Å². The number of halogens is 1. The molecule has 5 rings (SSSR count). The van der Waals surface area contributed by atoms with Crippen molar-refractivity contribution in [1.82, 2.24) is 14.5 Å². The van der Waals surface area contributed by atoms with Crippen molar-refractivity contribution in [3.05, 3.63) is 82.7 Å². The lowest BCUT2D eigenvalue weighted by Crippen LogP contribution is -2.53. The Morgan fingerprint density at radius 3 is 2.75 bits per heavy atom. The Morgan fingerprint density at radius 2 is 2.00 bits per heavy atom. The molecule has 2 unspecified atom stereocenters. The summed E-state index contributed by atoms with van der Waals surface area (Å²) in [4.78, 5) is 12.5. The summed E-state index contributed by atoms with van der Waals surface area (Å²) in [5.74, 6) is 1.15. The summed E-state index contributed by atoms with van der Waals surface area (Å²) in [5.41, 5.74) is 6.37. The van der Waals surface area contributed by atoms with Gasteiger partial charge in [0.25, 0.3) is 0 Å². The smallest absolute Gasteiger partial charge is 0.175 e. The summed E-state index contributed by atoms with van der Waals surface area (Å²) in [6.07, 6.45) is 6.94. The van der Waals surface area contributed by atoms with Gasteiger partial charge < -0.3 is 14.3 Å². The lowest BCUT2D eigenvalue weighted by atomic mass is 9.83. The number of aromatic nitrogens is 2. The van der Waals surface area contributed by atoms with Gasteiger partial charge in [-0.1, -0.05) is 11.2 Å². The molecule has 2 atom stereocenters. The van der Waals surface area contributed by atoms with Gasteiger partial charge in [0.2, 0.25) is 0 Å². The summed E-state index contributed by atoms with van der Waals surface area (Å²) in [6.45, 7) is 7.60.